The molecule has 1 saturated carbocycles. The Morgan fingerprint density at radius 2 is 1.70 bits per heavy atom. The Hall–Kier alpha value is -2.17. The van der Waals surface area contributed by atoms with Crippen molar-refractivity contribution in [3.63, 3.8) is 0 Å². The number of likely N-dealkylation sites (tertiary alicyclic amines) is 1. The molecular formula is C18H20N2O3. The molecule has 2 aliphatic heterocycles. The van der Waals surface area contributed by atoms with Crippen molar-refractivity contribution < 1.29 is 14.4 Å². The van der Waals surface area contributed by atoms with Gasteiger partial charge in [-0.25, -0.2) is 0 Å². The molecule has 3 aliphatic rings. The summed E-state index contributed by atoms with van der Waals surface area (Å²) in [5.41, 5.74) is 2.06. The predicted molar refractivity (Wildman–Crippen MR) is 84.7 cm³/mol. The number of hydrogen-bond donors (Lipinski definition) is 0. The second kappa shape index (κ2) is 5.48. The number of rotatable bonds is 2. The molecule has 1 aromatic carbocycles. The van der Waals surface area contributed by atoms with Crippen molar-refractivity contribution in [1.29, 1.82) is 0 Å². The summed E-state index contributed by atoms with van der Waals surface area (Å²) in [6.07, 6.45) is 4.40. The normalized spacial score (nSPS) is 26.4. The highest BCUT2D eigenvalue weighted by atomic mass is 16.2. The first-order valence-corrected chi connectivity index (χ1v) is 8.40. The first-order chi connectivity index (χ1) is 11.2. The molecule has 0 bridgehead atoms. The maximum atomic E-state index is 12.6. The third-order valence-electron chi connectivity index (χ3n) is 5.41. The molecule has 0 N–H and O–H groups in total. The van der Waals surface area contributed by atoms with Crippen LogP contribution < -0.4 is 4.90 Å². The van der Waals surface area contributed by atoms with E-state index >= 15 is 0 Å². The maximum absolute atomic E-state index is 12.6. The van der Waals surface area contributed by atoms with Crippen molar-refractivity contribution in [2.45, 2.75) is 32.1 Å². The number of hydrogen-bond acceptors (Lipinski definition) is 3. The van der Waals surface area contributed by atoms with Crippen LogP contribution in [0.15, 0.2) is 24.3 Å². The van der Waals surface area contributed by atoms with Gasteiger partial charge in [0.1, 0.15) is 6.54 Å². The maximum Gasteiger partial charge on any atom is 0.247 e. The first kappa shape index (κ1) is 14.4. The van der Waals surface area contributed by atoms with Gasteiger partial charge in [0.25, 0.3) is 0 Å². The van der Waals surface area contributed by atoms with Crippen molar-refractivity contribution in [3.8, 4) is 0 Å². The Morgan fingerprint density at radius 3 is 2.39 bits per heavy atom. The number of anilines is 1. The van der Waals surface area contributed by atoms with Gasteiger partial charge in [0, 0.05) is 12.2 Å². The van der Waals surface area contributed by atoms with Gasteiger partial charge in [0.05, 0.1) is 11.8 Å². The van der Waals surface area contributed by atoms with Crippen LogP contribution in [0.3, 0.4) is 0 Å². The Bertz CT molecular complexity index is 661. The van der Waals surface area contributed by atoms with E-state index in [1.165, 1.54) is 4.90 Å². The smallest absolute Gasteiger partial charge is 0.247 e. The Kier molecular flexibility index (Phi) is 3.43. The molecule has 1 aliphatic carbocycles. The Labute approximate surface area is 135 Å². The molecule has 2 heterocycles. The standard InChI is InChI=1S/C18H20N2O3/c21-16(19-10-9-12-5-1-4-8-15(12)19)11-20-17(22)13-6-2-3-7-14(13)18(20)23/h1,4-5,8,13-14H,2-3,6-7,9-11H2/t13-,14+. The van der Waals surface area contributed by atoms with Crippen LogP contribution in [0.25, 0.3) is 0 Å². The van der Waals surface area contributed by atoms with Crippen molar-refractivity contribution in [2.75, 3.05) is 18.0 Å². The fraction of sp³-hybridized carbons (Fsp3) is 0.500. The minimum Gasteiger partial charge on any atom is -0.310 e. The van der Waals surface area contributed by atoms with Gasteiger partial charge in [0.15, 0.2) is 0 Å². The average molecular weight is 312 g/mol. The van der Waals surface area contributed by atoms with E-state index in [0.29, 0.717) is 6.54 Å². The average Bonchev–Trinajstić information content (AvgIpc) is 3.11. The van der Waals surface area contributed by atoms with E-state index in [1.54, 1.807) is 4.90 Å². The molecule has 0 spiro atoms. The molecule has 4 rings (SSSR count). The van der Waals surface area contributed by atoms with Crippen LogP contribution in [0.5, 0.6) is 0 Å². The molecule has 120 valence electrons. The number of amides is 3. The zero-order valence-corrected chi connectivity index (χ0v) is 13.0. The van der Waals surface area contributed by atoms with Crippen LogP contribution in [0.4, 0.5) is 5.69 Å². The van der Waals surface area contributed by atoms with E-state index in [0.717, 1.165) is 43.4 Å². The lowest BCUT2D eigenvalue weighted by molar-refractivity contribution is -0.143. The van der Waals surface area contributed by atoms with Gasteiger partial charge in [-0.1, -0.05) is 31.0 Å². The lowest BCUT2D eigenvalue weighted by Crippen LogP contribution is -2.42. The zero-order chi connectivity index (χ0) is 16.0. The monoisotopic (exact) mass is 312 g/mol. The van der Waals surface area contributed by atoms with E-state index in [4.69, 9.17) is 0 Å². The number of imide groups is 1. The third-order valence-corrected chi connectivity index (χ3v) is 5.41. The SMILES string of the molecule is O=C1[C@H]2CCCC[C@H]2C(=O)N1CC(=O)N1CCc2ccccc21. The molecule has 0 unspecified atom stereocenters. The number of para-hydroxylation sites is 1. The molecule has 23 heavy (non-hydrogen) atoms. The van der Waals surface area contributed by atoms with E-state index in [1.807, 2.05) is 24.3 Å². The quantitative estimate of drug-likeness (QED) is 0.782. The highest BCUT2D eigenvalue weighted by molar-refractivity contribution is 6.09. The van der Waals surface area contributed by atoms with Crippen LogP contribution in [0.1, 0.15) is 31.2 Å². The lowest BCUT2D eigenvalue weighted by Gasteiger charge is -2.21. The van der Waals surface area contributed by atoms with Crippen LogP contribution in [0.2, 0.25) is 0 Å². The summed E-state index contributed by atoms with van der Waals surface area (Å²) >= 11 is 0. The Balaban J connectivity index is 1.51. The fourth-order valence-electron chi connectivity index (χ4n) is 4.20. The van der Waals surface area contributed by atoms with E-state index < -0.39 is 0 Å². The van der Waals surface area contributed by atoms with E-state index in [9.17, 15) is 14.4 Å². The van der Waals surface area contributed by atoms with Crippen LogP contribution >= 0.6 is 0 Å². The summed E-state index contributed by atoms with van der Waals surface area (Å²) in [7, 11) is 0. The molecule has 1 aromatic rings. The first-order valence-electron chi connectivity index (χ1n) is 8.40. The summed E-state index contributed by atoms with van der Waals surface area (Å²) < 4.78 is 0. The lowest BCUT2D eigenvalue weighted by atomic mass is 9.81. The van der Waals surface area contributed by atoms with Crippen LogP contribution in [-0.4, -0.2) is 35.7 Å². The van der Waals surface area contributed by atoms with Gasteiger partial charge < -0.3 is 4.90 Å². The van der Waals surface area contributed by atoms with Gasteiger partial charge in [-0.3, -0.25) is 19.3 Å². The van der Waals surface area contributed by atoms with E-state index in [2.05, 4.69) is 0 Å². The third kappa shape index (κ3) is 2.26. The van der Waals surface area contributed by atoms with Gasteiger partial charge in [-0.05, 0) is 30.9 Å². The number of fused-ring (bicyclic) bond motifs is 2. The highest BCUT2D eigenvalue weighted by Gasteiger charge is 2.48. The van der Waals surface area contributed by atoms with Crippen LogP contribution in [0, 0.1) is 11.8 Å². The van der Waals surface area contributed by atoms with Gasteiger partial charge in [0.2, 0.25) is 17.7 Å². The number of benzene rings is 1. The topological polar surface area (TPSA) is 57.7 Å². The number of nitrogens with zero attached hydrogens (tertiary/aromatic N) is 2. The molecule has 5 nitrogen and oxygen atoms in total. The summed E-state index contributed by atoms with van der Waals surface area (Å²) in [5.74, 6) is -0.804. The van der Waals surface area contributed by atoms with Crippen molar-refractivity contribution in [1.82, 2.24) is 4.90 Å². The zero-order valence-electron chi connectivity index (χ0n) is 13.0. The predicted octanol–water partition coefficient (Wildman–Crippen LogP) is 1.75. The number of carbonyl (C=O) groups is 3. The van der Waals surface area contributed by atoms with Crippen molar-refractivity contribution >= 4 is 23.4 Å². The van der Waals surface area contributed by atoms with Crippen LogP contribution in [-0.2, 0) is 20.8 Å². The van der Waals surface area contributed by atoms with Gasteiger partial charge in [-0.2, -0.15) is 0 Å². The molecule has 1 saturated heterocycles. The molecule has 3 amide bonds. The van der Waals surface area contributed by atoms with Gasteiger partial charge in [-0.15, -0.1) is 0 Å². The summed E-state index contributed by atoms with van der Waals surface area (Å²) in [6.45, 7) is 0.514. The Morgan fingerprint density at radius 1 is 1.04 bits per heavy atom. The second-order valence-corrected chi connectivity index (χ2v) is 6.68. The summed E-state index contributed by atoms with van der Waals surface area (Å²) in [6, 6.07) is 7.81. The number of carbonyl (C=O) groups excluding carboxylic acids is 3. The minimum atomic E-state index is -0.185. The molecule has 0 aromatic heterocycles. The summed E-state index contributed by atoms with van der Waals surface area (Å²) in [4.78, 5) is 40.5. The molecular weight excluding hydrogens is 292 g/mol. The van der Waals surface area contributed by atoms with Crippen molar-refractivity contribution in [2.24, 2.45) is 11.8 Å². The van der Waals surface area contributed by atoms with Crippen molar-refractivity contribution in [3.05, 3.63) is 29.8 Å². The second-order valence-electron chi connectivity index (χ2n) is 6.68. The molecule has 2 fully saturated rings. The summed E-state index contributed by atoms with van der Waals surface area (Å²) in [5, 5.41) is 0. The van der Waals surface area contributed by atoms with Gasteiger partial charge >= 0.3 is 0 Å². The fourth-order valence-corrected chi connectivity index (χ4v) is 4.20. The minimum absolute atomic E-state index is 0.112. The molecule has 2 atom stereocenters. The molecule has 5 heteroatoms. The largest absolute Gasteiger partial charge is 0.310 e. The molecule has 0 radical (unpaired) electrons. The van der Waals surface area contributed by atoms with E-state index in [-0.39, 0.29) is 36.1 Å². The highest BCUT2D eigenvalue weighted by Crippen LogP contribution is 2.38.